The standard InChI is InChI=1S/C19H25NO7S/c1-4-20(15-9-10-28(23,24)13-15)18(21)12-27-19(22)8-6-14-5-7-16(25-2)11-17(14)26-3/h5-8,11,15H,4,9-10,12-13H2,1-3H3/b8-6+. The van der Waals surface area contributed by atoms with Crippen LogP contribution in [-0.4, -0.2) is 70.1 Å². The predicted molar refractivity (Wildman–Crippen MR) is 104 cm³/mol. The van der Waals surface area contributed by atoms with Gasteiger partial charge in [-0.2, -0.15) is 0 Å². The second-order valence-electron chi connectivity index (χ2n) is 6.29. The van der Waals surface area contributed by atoms with E-state index in [1.54, 1.807) is 32.2 Å². The third-order valence-electron chi connectivity index (χ3n) is 4.49. The van der Waals surface area contributed by atoms with Crippen LogP contribution in [0.25, 0.3) is 6.08 Å². The largest absolute Gasteiger partial charge is 0.497 e. The maximum absolute atomic E-state index is 12.3. The molecule has 0 radical (unpaired) electrons. The Hall–Kier alpha value is -2.55. The number of methoxy groups -OCH3 is 2. The first kappa shape index (κ1) is 21.7. The molecule has 0 aliphatic carbocycles. The first-order valence-corrected chi connectivity index (χ1v) is 10.7. The molecule has 1 aliphatic rings. The number of carbonyl (C=O) groups is 2. The van der Waals surface area contributed by atoms with Gasteiger partial charge >= 0.3 is 5.97 Å². The molecule has 0 saturated carbocycles. The Morgan fingerprint density at radius 2 is 2.00 bits per heavy atom. The van der Waals surface area contributed by atoms with E-state index in [2.05, 4.69) is 0 Å². The van der Waals surface area contributed by atoms with Gasteiger partial charge in [-0.3, -0.25) is 4.79 Å². The molecule has 0 aromatic heterocycles. The average Bonchev–Trinajstić information content (AvgIpc) is 3.04. The number of rotatable bonds is 8. The molecule has 1 aliphatic heterocycles. The molecule has 8 nitrogen and oxygen atoms in total. The van der Waals surface area contributed by atoms with Gasteiger partial charge < -0.3 is 19.1 Å². The van der Waals surface area contributed by atoms with Crippen molar-refractivity contribution in [3.05, 3.63) is 29.8 Å². The van der Waals surface area contributed by atoms with Crippen LogP contribution in [0.3, 0.4) is 0 Å². The third kappa shape index (κ3) is 5.72. The van der Waals surface area contributed by atoms with E-state index in [4.69, 9.17) is 14.2 Å². The number of amides is 1. The van der Waals surface area contributed by atoms with Gasteiger partial charge in [-0.05, 0) is 31.6 Å². The molecule has 1 heterocycles. The van der Waals surface area contributed by atoms with Crippen molar-refractivity contribution in [1.29, 1.82) is 0 Å². The van der Waals surface area contributed by atoms with Crippen LogP contribution < -0.4 is 9.47 Å². The molecule has 0 bridgehead atoms. The van der Waals surface area contributed by atoms with Crippen molar-refractivity contribution in [1.82, 2.24) is 4.90 Å². The molecular weight excluding hydrogens is 386 g/mol. The zero-order valence-electron chi connectivity index (χ0n) is 16.2. The molecule has 9 heteroatoms. The van der Waals surface area contributed by atoms with Gasteiger partial charge in [0.25, 0.3) is 5.91 Å². The number of esters is 1. The van der Waals surface area contributed by atoms with Crippen molar-refractivity contribution >= 4 is 27.8 Å². The Morgan fingerprint density at radius 1 is 1.25 bits per heavy atom. The minimum Gasteiger partial charge on any atom is -0.497 e. The highest BCUT2D eigenvalue weighted by molar-refractivity contribution is 7.91. The lowest BCUT2D eigenvalue weighted by molar-refractivity contribution is -0.149. The predicted octanol–water partition coefficient (Wildman–Crippen LogP) is 1.30. The summed E-state index contributed by atoms with van der Waals surface area (Å²) in [5, 5.41) is 0. The number of nitrogens with zero attached hydrogens (tertiary/aromatic N) is 1. The van der Waals surface area contributed by atoms with E-state index in [0.29, 0.717) is 30.0 Å². The fourth-order valence-electron chi connectivity index (χ4n) is 3.04. The van der Waals surface area contributed by atoms with Crippen LogP contribution in [0.15, 0.2) is 24.3 Å². The number of likely N-dealkylation sites (N-methyl/N-ethyl adjacent to an activating group) is 1. The summed E-state index contributed by atoms with van der Waals surface area (Å²) in [6.45, 7) is 1.68. The minimum absolute atomic E-state index is 0.0440. The van der Waals surface area contributed by atoms with Crippen molar-refractivity contribution in [2.45, 2.75) is 19.4 Å². The van der Waals surface area contributed by atoms with Gasteiger partial charge in [-0.25, -0.2) is 13.2 Å². The van der Waals surface area contributed by atoms with Crippen molar-refractivity contribution in [3.8, 4) is 11.5 Å². The SMILES string of the molecule is CCN(C(=O)COC(=O)/C=C/c1ccc(OC)cc1OC)C1CCS(=O)(=O)C1. The molecule has 1 unspecified atom stereocenters. The molecule has 1 amide bonds. The maximum atomic E-state index is 12.3. The van der Waals surface area contributed by atoms with Gasteiger partial charge in [0, 0.05) is 30.3 Å². The topological polar surface area (TPSA) is 99.2 Å². The highest BCUT2D eigenvalue weighted by atomic mass is 32.2. The zero-order chi connectivity index (χ0) is 20.7. The van der Waals surface area contributed by atoms with E-state index in [1.165, 1.54) is 24.2 Å². The number of carbonyl (C=O) groups excluding carboxylic acids is 2. The van der Waals surface area contributed by atoms with Gasteiger partial charge in [0.2, 0.25) is 0 Å². The van der Waals surface area contributed by atoms with Gasteiger partial charge in [-0.1, -0.05) is 0 Å². The lowest BCUT2D eigenvalue weighted by atomic mass is 10.2. The molecule has 1 aromatic carbocycles. The normalized spacial score (nSPS) is 18.0. The monoisotopic (exact) mass is 411 g/mol. The molecule has 1 aromatic rings. The van der Waals surface area contributed by atoms with E-state index in [-0.39, 0.29) is 17.5 Å². The molecule has 0 spiro atoms. The fraction of sp³-hybridized carbons (Fsp3) is 0.474. The van der Waals surface area contributed by atoms with E-state index >= 15 is 0 Å². The summed E-state index contributed by atoms with van der Waals surface area (Å²) in [4.78, 5) is 25.7. The Balaban J connectivity index is 1.92. The second kappa shape index (κ2) is 9.59. The second-order valence-corrected chi connectivity index (χ2v) is 8.51. The van der Waals surface area contributed by atoms with Crippen LogP contribution >= 0.6 is 0 Å². The van der Waals surface area contributed by atoms with Gasteiger partial charge in [0.05, 0.1) is 25.7 Å². The summed E-state index contributed by atoms with van der Waals surface area (Å²) in [5.41, 5.74) is 0.651. The summed E-state index contributed by atoms with van der Waals surface area (Å²) in [5.74, 6) is 0.0928. The summed E-state index contributed by atoms with van der Waals surface area (Å²) < 4.78 is 38.6. The highest BCUT2D eigenvalue weighted by Crippen LogP contribution is 2.25. The number of hydrogen-bond donors (Lipinski definition) is 0. The number of benzene rings is 1. The Bertz CT molecular complexity index is 848. The van der Waals surface area contributed by atoms with E-state index < -0.39 is 28.3 Å². The summed E-state index contributed by atoms with van der Waals surface area (Å²) >= 11 is 0. The van der Waals surface area contributed by atoms with Gasteiger partial charge in [0.1, 0.15) is 11.5 Å². The number of ether oxygens (including phenoxy) is 3. The first-order chi connectivity index (χ1) is 13.3. The van der Waals surface area contributed by atoms with Crippen LogP contribution in [0, 0.1) is 0 Å². The third-order valence-corrected chi connectivity index (χ3v) is 6.24. The van der Waals surface area contributed by atoms with Crippen LogP contribution in [0.4, 0.5) is 0 Å². The first-order valence-electron chi connectivity index (χ1n) is 8.86. The number of hydrogen-bond acceptors (Lipinski definition) is 7. The molecule has 2 rings (SSSR count). The van der Waals surface area contributed by atoms with Crippen LogP contribution in [0.1, 0.15) is 18.9 Å². The van der Waals surface area contributed by atoms with Crippen LogP contribution in [-0.2, 0) is 24.2 Å². The zero-order valence-corrected chi connectivity index (χ0v) is 17.0. The lowest BCUT2D eigenvalue weighted by Gasteiger charge is -2.26. The molecule has 154 valence electrons. The molecule has 1 saturated heterocycles. The summed E-state index contributed by atoms with van der Waals surface area (Å²) in [6, 6.07) is 4.78. The summed E-state index contributed by atoms with van der Waals surface area (Å²) in [7, 11) is -0.0534. The highest BCUT2D eigenvalue weighted by Gasteiger charge is 2.34. The fourth-order valence-corrected chi connectivity index (χ4v) is 4.77. The van der Waals surface area contributed by atoms with E-state index in [1.807, 2.05) is 0 Å². The Morgan fingerprint density at radius 3 is 2.57 bits per heavy atom. The molecular formula is C19H25NO7S. The Labute approximate surface area is 165 Å². The quantitative estimate of drug-likeness (QED) is 0.469. The lowest BCUT2D eigenvalue weighted by Crippen LogP contribution is -2.43. The molecule has 1 atom stereocenters. The van der Waals surface area contributed by atoms with Crippen molar-refractivity contribution in [2.24, 2.45) is 0 Å². The number of sulfone groups is 1. The van der Waals surface area contributed by atoms with Crippen molar-refractivity contribution in [2.75, 3.05) is 38.9 Å². The van der Waals surface area contributed by atoms with E-state index in [9.17, 15) is 18.0 Å². The molecule has 28 heavy (non-hydrogen) atoms. The average molecular weight is 411 g/mol. The van der Waals surface area contributed by atoms with Crippen LogP contribution in [0.2, 0.25) is 0 Å². The Kier molecular flexibility index (Phi) is 7.45. The van der Waals surface area contributed by atoms with Gasteiger partial charge in [0.15, 0.2) is 16.4 Å². The van der Waals surface area contributed by atoms with Crippen molar-refractivity contribution < 1.29 is 32.2 Å². The maximum Gasteiger partial charge on any atom is 0.331 e. The van der Waals surface area contributed by atoms with Crippen molar-refractivity contribution in [3.63, 3.8) is 0 Å². The van der Waals surface area contributed by atoms with Crippen LogP contribution in [0.5, 0.6) is 11.5 Å². The minimum atomic E-state index is -3.10. The van der Waals surface area contributed by atoms with E-state index in [0.717, 1.165) is 0 Å². The smallest absolute Gasteiger partial charge is 0.331 e. The summed E-state index contributed by atoms with van der Waals surface area (Å²) in [6.07, 6.45) is 3.13. The molecule has 0 N–H and O–H groups in total. The molecule has 1 fully saturated rings. The van der Waals surface area contributed by atoms with Gasteiger partial charge in [-0.15, -0.1) is 0 Å².